The van der Waals surface area contributed by atoms with E-state index in [0.717, 1.165) is 26.1 Å². The number of aliphatic hydroxyl groups is 1. The van der Waals surface area contributed by atoms with Crippen molar-refractivity contribution in [3.63, 3.8) is 0 Å². The van der Waals surface area contributed by atoms with Crippen LogP contribution in [0.2, 0.25) is 0 Å². The third-order valence-corrected chi connectivity index (χ3v) is 2.74. The van der Waals surface area contributed by atoms with Gasteiger partial charge in [0.2, 0.25) is 0 Å². The zero-order valence-electron chi connectivity index (χ0n) is 10.0. The molecule has 0 heterocycles. The molecule has 0 aliphatic carbocycles. The summed E-state index contributed by atoms with van der Waals surface area (Å²) in [5.74, 6) is 0. The second-order valence-corrected chi connectivity index (χ2v) is 3.97. The smallest absolute Gasteiger partial charge is 0.0443 e. The number of benzene rings is 1. The highest BCUT2D eigenvalue weighted by Crippen LogP contribution is 2.07. The fraction of sp³-hybridized carbons (Fsp3) is 0.538. The maximum atomic E-state index is 8.80. The lowest BCUT2D eigenvalue weighted by Gasteiger charge is -2.20. The Morgan fingerprint density at radius 1 is 1.19 bits per heavy atom. The van der Waals surface area contributed by atoms with Crippen LogP contribution in [0.3, 0.4) is 0 Å². The van der Waals surface area contributed by atoms with Crippen LogP contribution in [0.1, 0.15) is 24.5 Å². The molecule has 0 aliphatic heterocycles. The minimum Gasteiger partial charge on any atom is -0.396 e. The predicted molar refractivity (Wildman–Crippen MR) is 67.0 cm³/mol. The maximum absolute atomic E-state index is 8.80. The minimum atomic E-state index is 0.266. The zero-order valence-corrected chi connectivity index (χ0v) is 10.0. The summed E-state index contributed by atoms with van der Waals surface area (Å²) in [6.45, 7) is 5.92. The van der Waals surface area contributed by atoms with Gasteiger partial charge in [-0.05, 0) is 24.1 Å². The van der Waals surface area contributed by atoms with Gasteiger partial charge < -0.3 is 10.8 Å². The lowest BCUT2D eigenvalue weighted by atomic mass is 10.1. The van der Waals surface area contributed by atoms with E-state index in [4.69, 9.17) is 10.8 Å². The fourth-order valence-electron chi connectivity index (χ4n) is 1.68. The molecule has 0 atom stereocenters. The van der Waals surface area contributed by atoms with E-state index in [1.807, 2.05) is 0 Å². The molecule has 0 saturated heterocycles. The summed E-state index contributed by atoms with van der Waals surface area (Å²) in [7, 11) is 0. The number of aliphatic hydroxyl groups excluding tert-OH is 1. The van der Waals surface area contributed by atoms with Gasteiger partial charge in [-0.1, -0.05) is 31.2 Å². The summed E-state index contributed by atoms with van der Waals surface area (Å²) in [6.07, 6.45) is 0.842. The van der Waals surface area contributed by atoms with Crippen molar-refractivity contribution in [3.8, 4) is 0 Å². The van der Waals surface area contributed by atoms with Crippen LogP contribution in [0, 0.1) is 0 Å². The summed E-state index contributed by atoms with van der Waals surface area (Å²) in [4.78, 5) is 2.33. The van der Waals surface area contributed by atoms with Gasteiger partial charge >= 0.3 is 0 Å². The van der Waals surface area contributed by atoms with Crippen molar-refractivity contribution in [3.05, 3.63) is 35.4 Å². The van der Waals surface area contributed by atoms with E-state index in [0.29, 0.717) is 6.54 Å². The van der Waals surface area contributed by atoms with Gasteiger partial charge in [-0.3, -0.25) is 4.90 Å². The van der Waals surface area contributed by atoms with Crippen LogP contribution in [0.4, 0.5) is 0 Å². The van der Waals surface area contributed by atoms with Crippen LogP contribution in [-0.2, 0) is 13.1 Å². The Bertz CT molecular complexity index is 284. The summed E-state index contributed by atoms with van der Waals surface area (Å²) in [6, 6.07) is 8.41. The first-order valence-corrected chi connectivity index (χ1v) is 5.91. The van der Waals surface area contributed by atoms with E-state index >= 15 is 0 Å². The van der Waals surface area contributed by atoms with Crippen molar-refractivity contribution in [2.75, 3.05) is 19.7 Å². The second kappa shape index (κ2) is 7.39. The molecule has 1 aromatic rings. The molecular weight excluding hydrogens is 200 g/mol. The van der Waals surface area contributed by atoms with E-state index < -0.39 is 0 Å². The average molecular weight is 222 g/mol. The van der Waals surface area contributed by atoms with Crippen molar-refractivity contribution < 1.29 is 5.11 Å². The Balaban J connectivity index is 2.49. The standard InChI is InChI=1S/C13H22N2O/c1-2-15(8-3-9-16)11-13-6-4-12(10-14)5-7-13/h4-7,16H,2-3,8-11,14H2,1H3. The Labute approximate surface area is 97.9 Å². The Kier molecular flexibility index (Phi) is 6.08. The normalized spacial score (nSPS) is 11.0. The van der Waals surface area contributed by atoms with Crippen LogP contribution in [0.25, 0.3) is 0 Å². The molecule has 0 aromatic heterocycles. The highest BCUT2D eigenvalue weighted by Gasteiger charge is 2.02. The van der Waals surface area contributed by atoms with Crippen LogP contribution >= 0.6 is 0 Å². The largest absolute Gasteiger partial charge is 0.396 e. The van der Waals surface area contributed by atoms with Gasteiger partial charge in [-0.25, -0.2) is 0 Å². The Morgan fingerprint density at radius 2 is 1.81 bits per heavy atom. The summed E-state index contributed by atoms with van der Waals surface area (Å²) in [5.41, 5.74) is 8.03. The number of hydrogen-bond donors (Lipinski definition) is 2. The van der Waals surface area contributed by atoms with Gasteiger partial charge in [0.1, 0.15) is 0 Å². The van der Waals surface area contributed by atoms with Crippen LogP contribution < -0.4 is 5.73 Å². The molecule has 0 saturated carbocycles. The molecule has 3 N–H and O–H groups in total. The molecule has 0 amide bonds. The van der Waals surface area contributed by atoms with E-state index in [1.165, 1.54) is 11.1 Å². The minimum absolute atomic E-state index is 0.266. The molecule has 0 unspecified atom stereocenters. The molecule has 3 nitrogen and oxygen atoms in total. The summed E-state index contributed by atoms with van der Waals surface area (Å²) >= 11 is 0. The summed E-state index contributed by atoms with van der Waals surface area (Å²) < 4.78 is 0. The van der Waals surface area contributed by atoms with E-state index in [2.05, 4.69) is 36.1 Å². The van der Waals surface area contributed by atoms with E-state index in [9.17, 15) is 0 Å². The van der Waals surface area contributed by atoms with E-state index in [1.54, 1.807) is 0 Å². The highest BCUT2D eigenvalue weighted by atomic mass is 16.3. The molecule has 0 aliphatic rings. The number of rotatable bonds is 7. The first-order valence-electron chi connectivity index (χ1n) is 5.91. The molecule has 1 rings (SSSR count). The van der Waals surface area contributed by atoms with Gasteiger partial charge in [0.15, 0.2) is 0 Å². The third-order valence-electron chi connectivity index (χ3n) is 2.74. The number of hydrogen-bond acceptors (Lipinski definition) is 3. The van der Waals surface area contributed by atoms with Gasteiger partial charge in [-0.15, -0.1) is 0 Å². The van der Waals surface area contributed by atoms with Crippen LogP contribution in [0.5, 0.6) is 0 Å². The molecule has 0 radical (unpaired) electrons. The van der Waals surface area contributed by atoms with Crippen LogP contribution in [-0.4, -0.2) is 29.7 Å². The monoisotopic (exact) mass is 222 g/mol. The zero-order chi connectivity index (χ0) is 11.8. The fourth-order valence-corrected chi connectivity index (χ4v) is 1.68. The average Bonchev–Trinajstić information content (AvgIpc) is 2.35. The molecule has 90 valence electrons. The first kappa shape index (κ1) is 13.2. The first-order chi connectivity index (χ1) is 7.80. The lowest BCUT2D eigenvalue weighted by Crippen LogP contribution is -2.24. The molecule has 0 bridgehead atoms. The maximum Gasteiger partial charge on any atom is 0.0443 e. The van der Waals surface area contributed by atoms with Crippen LogP contribution in [0.15, 0.2) is 24.3 Å². The quantitative estimate of drug-likeness (QED) is 0.732. The van der Waals surface area contributed by atoms with Crippen molar-refractivity contribution >= 4 is 0 Å². The van der Waals surface area contributed by atoms with Crippen molar-refractivity contribution in [2.24, 2.45) is 5.73 Å². The topological polar surface area (TPSA) is 49.5 Å². The van der Waals surface area contributed by atoms with Crippen molar-refractivity contribution in [2.45, 2.75) is 26.4 Å². The third kappa shape index (κ3) is 4.31. The van der Waals surface area contributed by atoms with E-state index in [-0.39, 0.29) is 6.61 Å². The molecule has 0 spiro atoms. The second-order valence-electron chi connectivity index (χ2n) is 3.97. The number of nitrogens with zero attached hydrogens (tertiary/aromatic N) is 1. The molecule has 0 fully saturated rings. The van der Waals surface area contributed by atoms with Crippen molar-refractivity contribution in [1.82, 2.24) is 4.90 Å². The SMILES string of the molecule is CCN(CCCO)Cc1ccc(CN)cc1. The molecule has 16 heavy (non-hydrogen) atoms. The predicted octanol–water partition coefficient (Wildman–Crippen LogP) is 1.35. The summed E-state index contributed by atoms with van der Waals surface area (Å²) in [5, 5.41) is 8.80. The number of nitrogens with two attached hydrogens (primary N) is 1. The van der Waals surface area contributed by atoms with Crippen molar-refractivity contribution in [1.29, 1.82) is 0 Å². The Morgan fingerprint density at radius 3 is 2.31 bits per heavy atom. The Hall–Kier alpha value is -0.900. The molecule has 1 aromatic carbocycles. The van der Waals surface area contributed by atoms with Gasteiger partial charge in [0.25, 0.3) is 0 Å². The molecule has 3 heteroatoms. The highest BCUT2D eigenvalue weighted by molar-refractivity contribution is 5.22. The van der Waals surface area contributed by atoms with Gasteiger partial charge in [-0.2, -0.15) is 0 Å². The van der Waals surface area contributed by atoms with Gasteiger partial charge in [0, 0.05) is 26.2 Å². The molecular formula is C13H22N2O. The lowest BCUT2D eigenvalue weighted by molar-refractivity contribution is 0.225. The van der Waals surface area contributed by atoms with Gasteiger partial charge in [0.05, 0.1) is 0 Å².